The molecule has 2 N–H and O–H groups in total. The third-order valence-electron chi connectivity index (χ3n) is 5.64. The molecule has 1 unspecified atom stereocenters. The largest absolute Gasteiger partial charge is 0.476 e. The van der Waals surface area contributed by atoms with E-state index in [4.69, 9.17) is 10.00 Å². The molecule has 1 heterocycles. The van der Waals surface area contributed by atoms with Gasteiger partial charge in [-0.1, -0.05) is 6.07 Å². The Morgan fingerprint density at radius 1 is 1.14 bits per heavy atom. The van der Waals surface area contributed by atoms with Gasteiger partial charge in [0, 0.05) is 17.8 Å². The molecule has 4 rings (SSSR count). The Bertz CT molecular complexity index is 1350. The first-order valence-electron chi connectivity index (χ1n) is 10.6. The highest BCUT2D eigenvalue weighted by Gasteiger charge is 2.32. The Labute approximate surface area is 197 Å². The van der Waals surface area contributed by atoms with Gasteiger partial charge in [0.05, 0.1) is 17.2 Å². The van der Waals surface area contributed by atoms with E-state index in [1.807, 2.05) is 6.07 Å². The third-order valence-corrected chi connectivity index (χ3v) is 5.64. The van der Waals surface area contributed by atoms with Crippen LogP contribution < -0.4 is 10.1 Å². The van der Waals surface area contributed by atoms with Crippen LogP contribution in [0.2, 0.25) is 0 Å². The summed E-state index contributed by atoms with van der Waals surface area (Å²) in [5.41, 5.74) is 0.261. The van der Waals surface area contributed by atoms with Crippen LogP contribution in [0.15, 0.2) is 54.7 Å². The van der Waals surface area contributed by atoms with Gasteiger partial charge >= 0.3 is 12.1 Å². The van der Waals surface area contributed by atoms with Crippen LogP contribution in [-0.2, 0) is 23.8 Å². The van der Waals surface area contributed by atoms with Crippen LogP contribution in [0, 0.1) is 17.2 Å². The summed E-state index contributed by atoms with van der Waals surface area (Å²) in [7, 11) is 0. The number of carbonyl (C=O) groups is 2. The number of nitrogens with zero attached hydrogens (tertiary/aromatic N) is 2. The Morgan fingerprint density at radius 3 is 2.66 bits per heavy atom. The van der Waals surface area contributed by atoms with Crippen LogP contribution in [0.25, 0.3) is 0 Å². The van der Waals surface area contributed by atoms with E-state index in [1.165, 1.54) is 18.3 Å². The second kappa shape index (κ2) is 9.46. The number of aryl methyl sites for hydroxylation is 1. The van der Waals surface area contributed by atoms with E-state index in [0.717, 1.165) is 23.3 Å². The van der Waals surface area contributed by atoms with Crippen molar-refractivity contribution in [1.82, 2.24) is 4.98 Å². The summed E-state index contributed by atoms with van der Waals surface area (Å²) >= 11 is 0. The number of carboxylic acids is 1. The predicted molar refractivity (Wildman–Crippen MR) is 118 cm³/mol. The summed E-state index contributed by atoms with van der Waals surface area (Å²) in [4.78, 5) is 28.0. The molecule has 0 saturated carbocycles. The van der Waals surface area contributed by atoms with Gasteiger partial charge in [-0.2, -0.15) is 18.4 Å². The standard InChI is InChI=1S/C25H18F3N3O4/c26-25(27,28)18-8-14(13-29)9-19(12-18)31-23(32)16-4-3-15-5-6-20(11-17(15)10-16)35-21-2-1-7-30-22(21)24(33)34/h1-2,5-9,11-12,16H,3-4,10H2,(H,31,32)(H,33,34). The molecule has 3 aromatic rings. The lowest BCUT2D eigenvalue weighted by atomic mass is 9.83. The number of anilines is 1. The Balaban J connectivity index is 1.51. The predicted octanol–water partition coefficient (Wildman–Crippen LogP) is 5.21. The molecule has 0 aliphatic heterocycles. The van der Waals surface area contributed by atoms with Crippen molar-refractivity contribution >= 4 is 17.6 Å². The zero-order valence-electron chi connectivity index (χ0n) is 18.1. The fraction of sp³-hybridized carbons (Fsp3) is 0.200. The molecule has 178 valence electrons. The number of benzene rings is 2. The van der Waals surface area contributed by atoms with Crippen molar-refractivity contribution in [2.45, 2.75) is 25.4 Å². The number of nitriles is 1. The summed E-state index contributed by atoms with van der Waals surface area (Å²) in [6.45, 7) is 0. The fourth-order valence-electron chi connectivity index (χ4n) is 3.95. The van der Waals surface area contributed by atoms with Crippen molar-refractivity contribution in [3.63, 3.8) is 0 Å². The zero-order chi connectivity index (χ0) is 25.2. The van der Waals surface area contributed by atoms with Gasteiger partial charge in [-0.15, -0.1) is 0 Å². The van der Waals surface area contributed by atoms with Gasteiger partial charge in [-0.3, -0.25) is 4.79 Å². The van der Waals surface area contributed by atoms with Crippen molar-refractivity contribution in [1.29, 1.82) is 5.26 Å². The first-order valence-corrected chi connectivity index (χ1v) is 10.6. The number of amides is 1. The Kier molecular flexibility index (Phi) is 6.42. The lowest BCUT2D eigenvalue weighted by Gasteiger charge is -2.24. The molecule has 0 radical (unpaired) electrons. The molecular weight excluding hydrogens is 463 g/mol. The molecule has 0 spiro atoms. The van der Waals surface area contributed by atoms with Crippen molar-refractivity contribution in [3.8, 4) is 17.6 Å². The third kappa shape index (κ3) is 5.41. The van der Waals surface area contributed by atoms with E-state index in [-0.39, 0.29) is 22.7 Å². The van der Waals surface area contributed by atoms with Crippen LogP contribution in [0.1, 0.15) is 39.2 Å². The number of fused-ring (bicyclic) bond motifs is 1. The minimum absolute atomic E-state index is 0.0721. The van der Waals surface area contributed by atoms with Gasteiger partial charge in [-0.25, -0.2) is 9.78 Å². The number of alkyl halides is 3. The molecule has 2 aromatic carbocycles. The van der Waals surface area contributed by atoms with Crippen LogP contribution >= 0.6 is 0 Å². The summed E-state index contributed by atoms with van der Waals surface area (Å²) in [5.74, 6) is -1.75. The number of nitrogens with one attached hydrogen (secondary N) is 1. The fourth-order valence-corrected chi connectivity index (χ4v) is 3.95. The first kappa shape index (κ1) is 23.8. The second-order valence-electron chi connectivity index (χ2n) is 8.03. The lowest BCUT2D eigenvalue weighted by Crippen LogP contribution is -2.28. The van der Waals surface area contributed by atoms with Gasteiger partial charge in [0.25, 0.3) is 0 Å². The number of rotatable bonds is 5. The van der Waals surface area contributed by atoms with E-state index in [0.29, 0.717) is 25.0 Å². The molecule has 0 bridgehead atoms. The smallest absolute Gasteiger partial charge is 0.416 e. The second-order valence-corrected chi connectivity index (χ2v) is 8.03. The van der Waals surface area contributed by atoms with Crippen molar-refractivity contribution < 1.29 is 32.6 Å². The van der Waals surface area contributed by atoms with E-state index < -0.39 is 29.5 Å². The van der Waals surface area contributed by atoms with Crippen LogP contribution in [0.3, 0.4) is 0 Å². The van der Waals surface area contributed by atoms with Crippen molar-refractivity contribution in [2.24, 2.45) is 5.92 Å². The molecule has 1 atom stereocenters. The molecule has 0 fully saturated rings. The molecule has 1 aliphatic carbocycles. The summed E-state index contributed by atoms with van der Waals surface area (Å²) in [5, 5.41) is 20.8. The van der Waals surface area contributed by atoms with Gasteiger partial charge in [-0.05, 0) is 72.9 Å². The Morgan fingerprint density at radius 2 is 1.94 bits per heavy atom. The molecular formula is C25H18F3N3O4. The molecule has 0 saturated heterocycles. The van der Waals surface area contributed by atoms with E-state index >= 15 is 0 Å². The van der Waals surface area contributed by atoms with Crippen LogP contribution in [-0.4, -0.2) is 22.0 Å². The minimum atomic E-state index is -4.65. The van der Waals surface area contributed by atoms with Gasteiger partial charge in [0.15, 0.2) is 11.4 Å². The monoisotopic (exact) mass is 481 g/mol. The zero-order valence-corrected chi connectivity index (χ0v) is 18.1. The maximum absolute atomic E-state index is 13.1. The molecule has 1 amide bonds. The highest BCUT2D eigenvalue weighted by atomic mass is 19.4. The molecule has 1 aliphatic rings. The number of carbonyl (C=O) groups excluding carboxylic acids is 1. The summed E-state index contributed by atoms with van der Waals surface area (Å²) in [6.07, 6.45) is -1.92. The lowest BCUT2D eigenvalue weighted by molar-refractivity contribution is -0.137. The number of ether oxygens (including phenoxy) is 1. The number of aromatic nitrogens is 1. The topological polar surface area (TPSA) is 112 Å². The first-order chi connectivity index (χ1) is 16.6. The SMILES string of the molecule is N#Cc1cc(NC(=O)C2CCc3ccc(Oc4cccnc4C(=O)O)cc3C2)cc(C(F)(F)F)c1. The maximum atomic E-state index is 13.1. The Hall–Kier alpha value is -4.39. The van der Waals surface area contributed by atoms with Crippen molar-refractivity contribution in [2.75, 3.05) is 5.32 Å². The quantitative estimate of drug-likeness (QED) is 0.518. The normalized spacial score (nSPS) is 15.0. The average Bonchev–Trinajstić information content (AvgIpc) is 2.83. The number of hydrogen-bond acceptors (Lipinski definition) is 5. The highest BCUT2D eigenvalue weighted by molar-refractivity contribution is 5.93. The number of hydrogen-bond donors (Lipinski definition) is 2. The molecule has 7 nitrogen and oxygen atoms in total. The van der Waals surface area contributed by atoms with E-state index in [2.05, 4.69) is 10.3 Å². The molecule has 10 heteroatoms. The van der Waals surface area contributed by atoms with Crippen LogP contribution in [0.4, 0.5) is 18.9 Å². The highest BCUT2D eigenvalue weighted by Crippen LogP contribution is 2.34. The van der Waals surface area contributed by atoms with E-state index in [1.54, 1.807) is 24.3 Å². The maximum Gasteiger partial charge on any atom is 0.416 e. The van der Waals surface area contributed by atoms with Gasteiger partial charge in [0.2, 0.25) is 5.91 Å². The number of aromatic carboxylic acids is 1. The molecule has 35 heavy (non-hydrogen) atoms. The molecule has 1 aromatic heterocycles. The average molecular weight is 481 g/mol. The number of pyridine rings is 1. The van der Waals surface area contributed by atoms with Crippen molar-refractivity contribution in [3.05, 3.63) is 82.7 Å². The number of carboxylic acid groups (broad SMARTS) is 1. The van der Waals surface area contributed by atoms with Crippen LogP contribution in [0.5, 0.6) is 11.5 Å². The van der Waals surface area contributed by atoms with E-state index in [9.17, 15) is 27.9 Å². The summed E-state index contributed by atoms with van der Waals surface area (Å²) < 4.78 is 45.1. The van der Waals surface area contributed by atoms with Gasteiger partial charge < -0.3 is 15.2 Å². The number of halogens is 3. The minimum Gasteiger partial charge on any atom is -0.476 e. The summed E-state index contributed by atoms with van der Waals surface area (Å²) in [6, 6.07) is 12.7. The van der Waals surface area contributed by atoms with Gasteiger partial charge in [0.1, 0.15) is 5.75 Å².